The van der Waals surface area contributed by atoms with Gasteiger partial charge in [-0.15, -0.1) is 0 Å². The van der Waals surface area contributed by atoms with Gasteiger partial charge in [-0.3, -0.25) is 0 Å². The number of para-hydroxylation sites is 2. The van der Waals surface area contributed by atoms with Crippen LogP contribution in [0.25, 0.3) is 77.2 Å². The molecule has 3 nitrogen and oxygen atoms in total. The summed E-state index contributed by atoms with van der Waals surface area (Å²) in [4.78, 5) is 4.72. The SMILES string of the molecule is c1ccc(-c2ccc(N(c3ccccc3)c3cc(N(c4ccccc4)c4ccc(-c5ccc(-c6ccccc6)cc5-c5ccccc5)cc4)c4c(c3)oc3cc5ccccc5cc34)cc2)cc1. The maximum Gasteiger partial charge on any atom is 0.139 e. The Morgan fingerprint density at radius 3 is 1.30 bits per heavy atom. The first-order valence-electron chi connectivity index (χ1n) is 22.8. The molecule has 316 valence electrons. The van der Waals surface area contributed by atoms with Gasteiger partial charge in [-0.25, -0.2) is 0 Å². The predicted molar refractivity (Wildman–Crippen MR) is 282 cm³/mol. The lowest BCUT2D eigenvalue weighted by Crippen LogP contribution is -2.13. The summed E-state index contributed by atoms with van der Waals surface area (Å²) in [5, 5.41) is 4.42. The van der Waals surface area contributed by atoms with Crippen molar-refractivity contribution in [3.05, 3.63) is 267 Å². The molecule has 0 saturated carbocycles. The molecule has 0 saturated heterocycles. The third-order valence-corrected chi connectivity index (χ3v) is 12.8. The Balaban J connectivity index is 1.06. The summed E-state index contributed by atoms with van der Waals surface area (Å²) < 4.78 is 6.98. The minimum atomic E-state index is 0.809. The second-order valence-electron chi connectivity index (χ2n) is 16.9. The van der Waals surface area contributed by atoms with Gasteiger partial charge < -0.3 is 14.2 Å². The lowest BCUT2D eigenvalue weighted by atomic mass is 9.91. The molecular weight excluding hydrogens is 813 g/mol. The molecule has 1 heterocycles. The largest absolute Gasteiger partial charge is 0.456 e. The van der Waals surface area contributed by atoms with E-state index in [1.165, 1.54) is 44.3 Å². The molecule has 1 aromatic heterocycles. The van der Waals surface area contributed by atoms with Crippen molar-refractivity contribution in [3.8, 4) is 44.5 Å². The molecule has 0 spiro atoms. The number of fused-ring (bicyclic) bond motifs is 4. The molecule has 0 radical (unpaired) electrons. The number of benzene rings is 11. The molecule has 0 unspecified atom stereocenters. The van der Waals surface area contributed by atoms with Gasteiger partial charge in [-0.1, -0.05) is 188 Å². The number of anilines is 6. The summed E-state index contributed by atoms with van der Waals surface area (Å²) >= 11 is 0. The number of nitrogens with zero attached hydrogens (tertiary/aromatic N) is 2. The van der Waals surface area contributed by atoms with Gasteiger partial charge in [0.1, 0.15) is 11.2 Å². The zero-order chi connectivity index (χ0) is 44.5. The molecular formula is C64H44N2O. The van der Waals surface area contributed by atoms with E-state index in [1.54, 1.807) is 0 Å². The third kappa shape index (κ3) is 7.59. The Kier molecular flexibility index (Phi) is 10.2. The van der Waals surface area contributed by atoms with Gasteiger partial charge in [-0.2, -0.15) is 0 Å². The van der Waals surface area contributed by atoms with Gasteiger partial charge in [0.2, 0.25) is 0 Å². The molecule has 67 heavy (non-hydrogen) atoms. The molecule has 0 fully saturated rings. The smallest absolute Gasteiger partial charge is 0.139 e. The van der Waals surface area contributed by atoms with Crippen molar-refractivity contribution in [2.75, 3.05) is 9.80 Å². The monoisotopic (exact) mass is 856 g/mol. The van der Waals surface area contributed by atoms with E-state index in [-0.39, 0.29) is 0 Å². The van der Waals surface area contributed by atoms with Gasteiger partial charge in [0.15, 0.2) is 0 Å². The highest BCUT2D eigenvalue weighted by Crippen LogP contribution is 2.48. The zero-order valence-electron chi connectivity index (χ0n) is 36.7. The number of hydrogen-bond acceptors (Lipinski definition) is 3. The second-order valence-corrected chi connectivity index (χ2v) is 16.9. The van der Waals surface area contributed by atoms with E-state index in [9.17, 15) is 0 Å². The van der Waals surface area contributed by atoms with Crippen molar-refractivity contribution in [2.24, 2.45) is 0 Å². The number of rotatable bonds is 10. The van der Waals surface area contributed by atoms with Gasteiger partial charge in [-0.05, 0) is 128 Å². The molecule has 0 atom stereocenters. The first kappa shape index (κ1) is 39.7. The van der Waals surface area contributed by atoms with Crippen molar-refractivity contribution in [3.63, 3.8) is 0 Å². The van der Waals surface area contributed by atoms with Crippen molar-refractivity contribution in [2.45, 2.75) is 0 Å². The third-order valence-electron chi connectivity index (χ3n) is 12.8. The van der Waals surface area contributed by atoms with E-state index in [4.69, 9.17) is 4.42 Å². The average molecular weight is 857 g/mol. The topological polar surface area (TPSA) is 19.6 Å². The van der Waals surface area contributed by atoms with Crippen LogP contribution in [0.3, 0.4) is 0 Å². The van der Waals surface area contributed by atoms with Crippen LogP contribution in [0.5, 0.6) is 0 Å². The molecule has 0 bridgehead atoms. The Bertz CT molecular complexity index is 3650. The van der Waals surface area contributed by atoms with Crippen LogP contribution in [0.2, 0.25) is 0 Å². The van der Waals surface area contributed by atoms with Crippen LogP contribution in [-0.2, 0) is 0 Å². The van der Waals surface area contributed by atoms with Gasteiger partial charge in [0.25, 0.3) is 0 Å². The highest BCUT2D eigenvalue weighted by Gasteiger charge is 2.24. The minimum absolute atomic E-state index is 0.809. The summed E-state index contributed by atoms with van der Waals surface area (Å²) in [6.45, 7) is 0. The van der Waals surface area contributed by atoms with Crippen LogP contribution in [0.15, 0.2) is 271 Å². The van der Waals surface area contributed by atoms with Crippen molar-refractivity contribution in [1.82, 2.24) is 0 Å². The van der Waals surface area contributed by atoms with Crippen LogP contribution < -0.4 is 9.80 Å². The van der Waals surface area contributed by atoms with E-state index in [0.29, 0.717) is 0 Å². The Labute approximate surface area is 390 Å². The second kappa shape index (κ2) is 17.2. The number of furan rings is 1. The van der Waals surface area contributed by atoms with Gasteiger partial charge in [0, 0.05) is 34.2 Å². The molecule has 0 aliphatic heterocycles. The van der Waals surface area contributed by atoms with E-state index in [2.05, 4.69) is 277 Å². The molecule has 3 heteroatoms. The standard InChI is InChI=1S/C64H44N2O/c1-6-18-45(19-7-1)47-30-35-55(36-31-47)65(53-26-12-4-13-27-53)57-43-61(64-60-41-50-24-16-17-25-51(50)42-62(60)67-63(64)44-57)66(54-28-14-5-15-29-54)56-37-32-49(33-38-56)58-39-34-52(46-20-8-2-9-21-46)40-59(58)48-22-10-3-11-23-48/h1-44H. The van der Waals surface area contributed by atoms with Crippen molar-refractivity contribution < 1.29 is 4.42 Å². The van der Waals surface area contributed by atoms with E-state index in [1.807, 2.05) is 0 Å². The molecule has 11 aromatic carbocycles. The van der Waals surface area contributed by atoms with Crippen LogP contribution >= 0.6 is 0 Å². The van der Waals surface area contributed by atoms with Crippen LogP contribution in [0.1, 0.15) is 0 Å². The maximum atomic E-state index is 6.98. The molecule has 0 N–H and O–H groups in total. The predicted octanol–water partition coefficient (Wildman–Crippen LogP) is 18.3. The van der Waals surface area contributed by atoms with Gasteiger partial charge in [0.05, 0.1) is 16.8 Å². The van der Waals surface area contributed by atoms with E-state index in [0.717, 1.165) is 67.0 Å². The highest BCUT2D eigenvalue weighted by atomic mass is 16.3. The fourth-order valence-corrected chi connectivity index (χ4v) is 9.58. The first-order valence-corrected chi connectivity index (χ1v) is 22.8. The summed E-state index contributed by atoms with van der Waals surface area (Å²) in [6, 6.07) is 95.5. The van der Waals surface area contributed by atoms with Crippen LogP contribution in [0.4, 0.5) is 34.1 Å². The van der Waals surface area contributed by atoms with Crippen LogP contribution in [-0.4, -0.2) is 0 Å². The normalized spacial score (nSPS) is 11.3. The highest BCUT2D eigenvalue weighted by molar-refractivity contribution is 6.17. The minimum Gasteiger partial charge on any atom is -0.456 e. The van der Waals surface area contributed by atoms with E-state index >= 15 is 0 Å². The lowest BCUT2D eigenvalue weighted by Gasteiger charge is -2.30. The number of hydrogen-bond donors (Lipinski definition) is 0. The summed E-state index contributed by atoms with van der Waals surface area (Å²) in [6.07, 6.45) is 0. The van der Waals surface area contributed by atoms with E-state index < -0.39 is 0 Å². The average Bonchev–Trinajstić information content (AvgIpc) is 3.77. The first-order chi connectivity index (χ1) is 33.2. The van der Waals surface area contributed by atoms with Gasteiger partial charge >= 0.3 is 0 Å². The summed E-state index contributed by atoms with van der Waals surface area (Å²) in [7, 11) is 0. The van der Waals surface area contributed by atoms with Crippen LogP contribution in [0, 0.1) is 0 Å². The lowest BCUT2D eigenvalue weighted by molar-refractivity contribution is 0.669. The molecule has 0 amide bonds. The molecule has 12 aromatic rings. The van der Waals surface area contributed by atoms with Crippen molar-refractivity contribution in [1.29, 1.82) is 0 Å². The Morgan fingerprint density at radius 1 is 0.254 bits per heavy atom. The summed E-state index contributed by atoms with van der Waals surface area (Å²) in [5.74, 6) is 0. The zero-order valence-corrected chi connectivity index (χ0v) is 36.7. The van der Waals surface area contributed by atoms with Crippen molar-refractivity contribution >= 4 is 66.8 Å². The molecule has 0 aliphatic carbocycles. The Morgan fingerprint density at radius 2 is 0.687 bits per heavy atom. The quantitative estimate of drug-likeness (QED) is 0.137. The molecule has 0 aliphatic rings. The maximum absolute atomic E-state index is 6.98. The fraction of sp³-hybridized carbons (Fsp3) is 0. The fourth-order valence-electron chi connectivity index (χ4n) is 9.58. The summed E-state index contributed by atoms with van der Waals surface area (Å²) in [5.41, 5.74) is 17.2. The molecule has 12 rings (SSSR count). The Hall–Kier alpha value is -8.92.